The van der Waals surface area contributed by atoms with Crippen LogP contribution < -0.4 is 5.32 Å². The standard InChI is InChI=1S/C14H21NO/c1-15-13-7-9-14(10-8-13)16-11-12-5-3-2-4-6-12/h2-6,13-15H,7-11H2,1H3. The second-order valence-electron chi connectivity index (χ2n) is 4.56. The summed E-state index contributed by atoms with van der Waals surface area (Å²) in [4.78, 5) is 0. The Kier molecular flexibility index (Phi) is 4.37. The molecule has 2 rings (SSSR count). The zero-order valence-electron chi connectivity index (χ0n) is 9.99. The fourth-order valence-corrected chi connectivity index (χ4v) is 2.31. The minimum atomic E-state index is 0.463. The van der Waals surface area contributed by atoms with Crippen LogP contribution >= 0.6 is 0 Å². The van der Waals surface area contributed by atoms with E-state index in [1.54, 1.807) is 0 Å². The third kappa shape index (κ3) is 3.32. The Balaban J connectivity index is 1.72. The van der Waals surface area contributed by atoms with Crippen LogP contribution in [0.1, 0.15) is 31.2 Å². The van der Waals surface area contributed by atoms with E-state index in [0.29, 0.717) is 12.1 Å². The van der Waals surface area contributed by atoms with E-state index in [0.717, 1.165) is 6.61 Å². The maximum atomic E-state index is 5.93. The first-order valence-corrected chi connectivity index (χ1v) is 6.21. The van der Waals surface area contributed by atoms with Gasteiger partial charge in [-0.2, -0.15) is 0 Å². The molecule has 1 aromatic rings. The number of benzene rings is 1. The van der Waals surface area contributed by atoms with Crippen LogP contribution in [0, 0.1) is 0 Å². The molecule has 16 heavy (non-hydrogen) atoms. The molecule has 1 aliphatic carbocycles. The zero-order valence-corrected chi connectivity index (χ0v) is 9.99. The zero-order chi connectivity index (χ0) is 11.2. The number of nitrogens with one attached hydrogen (secondary N) is 1. The van der Waals surface area contributed by atoms with Crippen molar-refractivity contribution < 1.29 is 4.74 Å². The molecule has 0 heterocycles. The average molecular weight is 219 g/mol. The Morgan fingerprint density at radius 2 is 1.81 bits per heavy atom. The van der Waals surface area contributed by atoms with E-state index >= 15 is 0 Å². The Morgan fingerprint density at radius 1 is 1.12 bits per heavy atom. The molecule has 1 fully saturated rings. The van der Waals surface area contributed by atoms with Gasteiger partial charge in [0.1, 0.15) is 0 Å². The minimum Gasteiger partial charge on any atom is -0.374 e. The van der Waals surface area contributed by atoms with Crippen molar-refractivity contribution >= 4 is 0 Å². The lowest BCUT2D eigenvalue weighted by molar-refractivity contribution is 0.0118. The Labute approximate surface area is 98.0 Å². The molecule has 88 valence electrons. The molecule has 1 saturated carbocycles. The third-order valence-electron chi connectivity index (χ3n) is 3.41. The van der Waals surface area contributed by atoms with Crippen molar-refractivity contribution in [3.63, 3.8) is 0 Å². The van der Waals surface area contributed by atoms with Crippen LogP contribution in [0.15, 0.2) is 30.3 Å². The fourth-order valence-electron chi connectivity index (χ4n) is 2.31. The molecule has 2 nitrogen and oxygen atoms in total. The first-order valence-electron chi connectivity index (χ1n) is 6.21. The van der Waals surface area contributed by atoms with Crippen LogP contribution in [-0.2, 0) is 11.3 Å². The van der Waals surface area contributed by atoms with Gasteiger partial charge in [0, 0.05) is 6.04 Å². The van der Waals surface area contributed by atoms with E-state index < -0.39 is 0 Å². The van der Waals surface area contributed by atoms with Crippen LogP contribution in [0.5, 0.6) is 0 Å². The van der Waals surface area contributed by atoms with E-state index in [9.17, 15) is 0 Å². The quantitative estimate of drug-likeness (QED) is 0.840. The molecule has 0 atom stereocenters. The lowest BCUT2D eigenvalue weighted by atomic mass is 9.93. The first kappa shape index (κ1) is 11.6. The predicted molar refractivity (Wildman–Crippen MR) is 66.3 cm³/mol. The number of hydrogen-bond acceptors (Lipinski definition) is 2. The third-order valence-corrected chi connectivity index (χ3v) is 3.41. The van der Waals surface area contributed by atoms with E-state index in [1.807, 2.05) is 6.07 Å². The van der Waals surface area contributed by atoms with Crippen LogP contribution in [0.4, 0.5) is 0 Å². The molecule has 0 amide bonds. The molecule has 0 saturated heterocycles. The lowest BCUT2D eigenvalue weighted by Crippen LogP contribution is -2.32. The highest BCUT2D eigenvalue weighted by atomic mass is 16.5. The fraction of sp³-hybridized carbons (Fsp3) is 0.571. The van der Waals surface area contributed by atoms with Gasteiger partial charge in [-0.15, -0.1) is 0 Å². The van der Waals surface area contributed by atoms with E-state index in [4.69, 9.17) is 4.74 Å². The van der Waals surface area contributed by atoms with Gasteiger partial charge in [0.2, 0.25) is 0 Å². The Hall–Kier alpha value is -0.860. The molecule has 2 heteroatoms. The molecule has 1 aromatic carbocycles. The second kappa shape index (κ2) is 6.02. The van der Waals surface area contributed by atoms with Crippen LogP contribution in [0.2, 0.25) is 0 Å². The summed E-state index contributed by atoms with van der Waals surface area (Å²) in [6.07, 6.45) is 5.34. The molecule has 0 radical (unpaired) electrons. The van der Waals surface area contributed by atoms with Gasteiger partial charge in [0.25, 0.3) is 0 Å². The Morgan fingerprint density at radius 3 is 2.44 bits per heavy atom. The van der Waals surface area contributed by atoms with Crippen molar-refractivity contribution in [2.75, 3.05) is 7.05 Å². The summed E-state index contributed by atoms with van der Waals surface area (Å²) in [7, 11) is 2.05. The van der Waals surface area contributed by atoms with Crippen molar-refractivity contribution in [3.05, 3.63) is 35.9 Å². The summed E-state index contributed by atoms with van der Waals surface area (Å²) in [6, 6.07) is 11.1. The highest BCUT2D eigenvalue weighted by molar-refractivity contribution is 5.13. The van der Waals surface area contributed by atoms with E-state index in [-0.39, 0.29) is 0 Å². The number of ether oxygens (including phenoxy) is 1. The second-order valence-corrected chi connectivity index (χ2v) is 4.56. The number of rotatable bonds is 4. The maximum absolute atomic E-state index is 5.93. The normalized spacial score (nSPS) is 25.6. The minimum absolute atomic E-state index is 0.463. The SMILES string of the molecule is CNC1CCC(OCc2ccccc2)CC1. The lowest BCUT2D eigenvalue weighted by Gasteiger charge is -2.28. The highest BCUT2D eigenvalue weighted by Crippen LogP contribution is 2.21. The predicted octanol–water partition coefficient (Wildman–Crippen LogP) is 2.73. The molecule has 0 spiro atoms. The average Bonchev–Trinajstić information content (AvgIpc) is 2.38. The van der Waals surface area contributed by atoms with Gasteiger partial charge in [0.05, 0.1) is 12.7 Å². The summed E-state index contributed by atoms with van der Waals surface area (Å²) < 4.78 is 5.93. The largest absolute Gasteiger partial charge is 0.374 e. The van der Waals surface area contributed by atoms with Gasteiger partial charge >= 0.3 is 0 Å². The van der Waals surface area contributed by atoms with Gasteiger partial charge in [0.15, 0.2) is 0 Å². The van der Waals surface area contributed by atoms with Crippen molar-refractivity contribution in [1.29, 1.82) is 0 Å². The summed E-state index contributed by atoms with van der Waals surface area (Å²) in [5.41, 5.74) is 1.28. The van der Waals surface area contributed by atoms with E-state index in [2.05, 4.69) is 36.6 Å². The van der Waals surface area contributed by atoms with Crippen molar-refractivity contribution in [1.82, 2.24) is 5.32 Å². The van der Waals surface area contributed by atoms with Crippen molar-refractivity contribution in [2.24, 2.45) is 0 Å². The van der Waals surface area contributed by atoms with E-state index in [1.165, 1.54) is 31.2 Å². The summed E-state index contributed by atoms with van der Waals surface area (Å²) >= 11 is 0. The monoisotopic (exact) mass is 219 g/mol. The topological polar surface area (TPSA) is 21.3 Å². The smallest absolute Gasteiger partial charge is 0.0720 e. The van der Waals surface area contributed by atoms with Crippen LogP contribution in [-0.4, -0.2) is 19.2 Å². The van der Waals surface area contributed by atoms with Crippen LogP contribution in [0.3, 0.4) is 0 Å². The highest BCUT2D eigenvalue weighted by Gasteiger charge is 2.20. The maximum Gasteiger partial charge on any atom is 0.0720 e. The molecule has 0 bridgehead atoms. The molecule has 0 unspecified atom stereocenters. The molecule has 1 N–H and O–H groups in total. The molecule has 0 aliphatic heterocycles. The van der Waals surface area contributed by atoms with Crippen molar-refractivity contribution in [3.8, 4) is 0 Å². The summed E-state index contributed by atoms with van der Waals surface area (Å²) in [6.45, 7) is 0.760. The summed E-state index contributed by atoms with van der Waals surface area (Å²) in [5, 5.41) is 3.34. The van der Waals surface area contributed by atoms with Crippen molar-refractivity contribution in [2.45, 2.75) is 44.4 Å². The van der Waals surface area contributed by atoms with Gasteiger partial charge in [-0.3, -0.25) is 0 Å². The molecule has 0 aromatic heterocycles. The Bertz CT molecular complexity index is 291. The first-order chi connectivity index (χ1) is 7.88. The molecular weight excluding hydrogens is 198 g/mol. The van der Waals surface area contributed by atoms with Gasteiger partial charge in [-0.05, 0) is 38.3 Å². The van der Waals surface area contributed by atoms with Gasteiger partial charge < -0.3 is 10.1 Å². The molecular formula is C14H21NO. The molecule has 1 aliphatic rings. The van der Waals surface area contributed by atoms with Gasteiger partial charge in [-0.25, -0.2) is 0 Å². The summed E-state index contributed by atoms with van der Waals surface area (Å²) in [5.74, 6) is 0. The number of hydrogen-bond donors (Lipinski definition) is 1. The van der Waals surface area contributed by atoms with Gasteiger partial charge in [-0.1, -0.05) is 30.3 Å². The van der Waals surface area contributed by atoms with Crippen LogP contribution in [0.25, 0.3) is 0 Å².